The summed E-state index contributed by atoms with van der Waals surface area (Å²) in [5.41, 5.74) is 0.829. The molecule has 0 saturated carbocycles. The Morgan fingerprint density at radius 2 is 2.27 bits per heavy atom. The minimum Gasteiger partial charge on any atom is -0.481 e. The average Bonchev–Trinajstić information content (AvgIpc) is 2.25. The molecule has 0 amide bonds. The van der Waals surface area contributed by atoms with Gasteiger partial charge in [0.15, 0.2) is 0 Å². The molecule has 0 aromatic carbocycles. The molecule has 1 rings (SSSR count). The second-order valence-corrected chi connectivity index (χ2v) is 3.32. The SMILES string of the molecule is CCC(O)CNc1nc(C)cc(OC)n1. The summed E-state index contributed by atoms with van der Waals surface area (Å²) in [6, 6.07) is 1.75. The second-order valence-electron chi connectivity index (χ2n) is 3.32. The maximum atomic E-state index is 9.37. The lowest BCUT2D eigenvalue weighted by molar-refractivity contribution is 0.183. The summed E-state index contributed by atoms with van der Waals surface area (Å²) in [6.45, 7) is 4.23. The van der Waals surface area contributed by atoms with Crippen molar-refractivity contribution in [2.24, 2.45) is 0 Å². The number of aliphatic hydroxyl groups excluding tert-OH is 1. The fourth-order valence-corrected chi connectivity index (χ4v) is 1.08. The molecule has 0 radical (unpaired) electrons. The van der Waals surface area contributed by atoms with Crippen molar-refractivity contribution >= 4 is 5.95 Å². The maximum absolute atomic E-state index is 9.37. The minimum absolute atomic E-state index is 0.375. The Morgan fingerprint density at radius 1 is 1.53 bits per heavy atom. The number of anilines is 1. The van der Waals surface area contributed by atoms with Crippen molar-refractivity contribution in [3.8, 4) is 5.88 Å². The van der Waals surface area contributed by atoms with Gasteiger partial charge in [0.1, 0.15) is 0 Å². The van der Waals surface area contributed by atoms with Gasteiger partial charge in [0, 0.05) is 18.3 Å². The van der Waals surface area contributed by atoms with Crippen molar-refractivity contribution < 1.29 is 9.84 Å². The van der Waals surface area contributed by atoms with Gasteiger partial charge in [-0.3, -0.25) is 0 Å². The van der Waals surface area contributed by atoms with E-state index in [1.165, 1.54) is 0 Å². The predicted octanol–water partition coefficient (Wildman–Crippen LogP) is 0.976. The van der Waals surface area contributed by atoms with Crippen molar-refractivity contribution in [3.63, 3.8) is 0 Å². The van der Waals surface area contributed by atoms with Crippen LogP contribution in [0.2, 0.25) is 0 Å². The molecule has 0 fully saturated rings. The summed E-state index contributed by atoms with van der Waals surface area (Å²) in [4.78, 5) is 8.28. The van der Waals surface area contributed by atoms with Crippen LogP contribution >= 0.6 is 0 Å². The van der Waals surface area contributed by atoms with Gasteiger partial charge >= 0.3 is 0 Å². The lowest BCUT2D eigenvalue weighted by atomic mass is 10.3. The summed E-state index contributed by atoms with van der Waals surface area (Å²) in [5.74, 6) is 1.01. The zero-order chi connectivity index (χ0) is 11.3. The number of hydrogen-bond donors (Lipinski definition) is 2. The molecule has 15 heavy (non-hydrogen) atoms. The third kappa shape index (κ3) is 3.71. The molecular weight excluding hydrogens is 194 g/mol. The Balaban J connectivity index is 2.64. The molecule has 5 nitrogen and oxygen atoms in total. The molecule has 1 atom stereocenters. The Kier molecular flexibility index (Phi) is 4.30. The van der Waals surface area contributed by atoms with Crippen molar-refractivity contribution in [1.82, 2.24) is 9.97 Å². The first-order valence-electron chi connectivity index (χ1n) is 4.97. The number of aryl methyl sites for hydroxylation is 1. The van der Waals surface area contributed by atoms with Crippen LogP contribution in [0.3, 0.4) is 0 Å². The molecule has 2 N–H and O–H groups in total. The number of nitrogens with zero attached hydrogens (tertiary/aromatic N) is 2. The van der Waals surface area contributed by atoms with Gasteiger partial charge in [0.05, 0.1) is 13.2 Å². The van der Waals surface area contributed by atoms with E-state index in [2.05, 4.69) is 15.3 Å². The number of ether oxygens (including phenoxy) is 1. The monoisotopic (exact) mass is 211 g/mol. The van der Waals surface area contributed by atoms with Crippen molar-refractivity contribution in [2.75, 3.05) is 19.0 Å². The van der Waals surface area contributed by atoms with Crippen LogP contribution in [0.25, 0.3) is 0 Å². The second kappa shape index (κ2) is 5.50. The lowest BCUT2D eigenvalue weighted by Crippen LogP contribution is -2.19. The first-order chi connectivity index (χ1) is 7.15. The van der Waals surface area contributed by atoms with Crippen LogP contribution in [0.4, 0.5) is 5.95 Å². The molecule has 1 unspecified atom stereocenters. The Hall–Kier alpha value is -1.36. The van der Waals surface area contributed by atoms with Crippen molar-refractivity contribution in [2.45, 2.75) is 26.4 Å². The summed E-state index contributed by atoms with van der Waals surface area (Å²) in [5, 5.41) is 12.3. The van der Waals surface area contributed by atoms with Gasteiger partial charge in [-0.25, -0.2) is 4.98 Å². The Labute approximate surface area is 89.5 Å². The summed E-state index contributed by atoms with van der Waals surface area (Å²) < 4.78 is 5.02. The van der Waals surface area contributed by atoms with Gasteiger partial charge in [0.2, 0.25) is 11.8 Å². The molecule has 0 aliphatic rings. The molecule has 0 aliphatic carbocycles. The summed E-state index contributed by atoms with van der Waals surface area (Å²) >= 11 is 0. The fraction of sp³-hybridized carbons (Fsp3) is 0.600. The summed E-state index contributed by atoms with van der Waals surface area (Å²) in [6.07, 6.45) is 0.329. The number of methoxy groups -OCH3 is 1. The highest BCUT2D eigenvalue weighted by Gasteiger charge is 2.04. The Morgan fingerprint density at radius 3 is 2.87 bits per heavy atom. The molecule has 1 aromatic rings. The highest BCUT2D eigenvalue weighted by atomic mass is 16.5. The van der Waals surface area contributed by atoms with Crippen LogP contribution in [0, 0.1) is 6.92 Å². The van der Waals surface area contributed by atoms with Crippen LogP contribution in [0.15, 0.2) is 6.07 Å². The molecule has 0 bridgehead atoms. The van der Waals surface area contributed by atoms with E-state index in [4.69, 9.17) is 4.74 Å². The molecule has 0 saturated heterocycles. The molecule has 0 aliphatic heterocycles. The molecular formula is C10H17N3O2. The van der Waals surface area contributed by atoms with E-state index in [-0.39, 0.29) is 6.10 Å². The quantitative estimate of drug-likeness (QED) is 0.759. The first kappa shape index (κ1) is 11.7. The van der Waals surface area contributed by atoms with Gasteiger partial charge < -0.3 is 15.2 Å². The number of nitrogens with one attached hydrogen (secondary N) is 1. The van der Waals surface area contributed by atoms with Gasteiger partial charge in [-0.1, -0.05) is 6.92 Å². The lowest BCUT2D eigenvalue weighted by Gasteiger charge is -2.10. The minimum atomic E-state index is -0.375. The molecule has 5 heteroatoms. The normalized spacial score (nSPS) is 12.3. The third-order valence-electron chi connectivity index (χ3n) is 2.01. The number of rotatable bonds is 5. The molecule has 1 heterocycles. The fourth-order valence-electron chi connectivity index (χ4n) is 1.08. The van der Waals surface area contributed by atoms with E-state index < -0.39 is 0 Å². The molecule has 84 valence electrons. The van der Waals surface area contributed by atoms with Gasteiger partial charge in [-0.15, -0.1) is 0 Å². The first-order valence-corrected chi connectivity index (χ1v) is 4.97. The zero-order valence-corrected chi connectivity index (χ0v) is 9.32. The Bertz CT molecular complexity index is 318. The summed E-state index contributed by atoms with van der Waals surface area (Å²) in [7, 11) is 1.56. The van der Waals surface area contributed by atoms with E-state index in [1.54, 1.807) is 13.2 Å². The van der Waals surface area contributed by atoms with Crippen LogP contribution in [-0.4, -0.2) is 34.8 Å². The number of aromatic nitrogens is 2. The molecule has 1 aromatic heterocycles. The third-order valence-corrected chi connectivity index (χ3v) is 2.01. The van der Waals surface area contributed by atoms with Gasteiger partial charge in [0.25, 0.3) is 0 Å². The van der Waals surface area contributed by atoms with Crippen LogP contribution in [0.5, 0.6) is 5.88 Å². The van der Waals surface area contributed by atoms with Crippen LogP contribution < -0.4 is 10.1 Å². The van der Waals surface area contributed by atoms with Gasteiger partial charge in [-0.2, -0.15) is 4.98 Å². The van der Waals surface area contributed by atoms with Crippen molar-refractivity contribution in [3.05, 3.63) is 11.8 Å². The average molecular weight is 211 g/mol. The number of aliphatic hydroxyl groups is 1. The predicted molar refractivity (Wildman–Crippen MR) is 58.1 cm³/mol. The highest BCUT2D eigenvalue weighted by Crippen LogP contribution is 2.11. The van der Waals surface area contributed by atoms with E-state index in [0.717, 1.165) is 5.69 Å². The van der Waals surface area contributed by atoms with E-state index in [1.807, 2.05) is 13.8 Å². The van der Waals surface area contributed by atoms with E-state index in [0.29, 0.717) is 24.8 Å². The largest absolute Gasteiger partial charge is 0.481 e. The maximum Gasteiger partial charge on any atom is 0.226 e. The smallest absolute Gasteiger partial charge is 0.226 e. The topological polar surface area (TPSA) is 67.3 Å². The zero-order valence-electron chi connectivity index (χ0n) is 9.32. The van der Waals surface area contributed by atoms with Crippen LogP contribution in [0.1, 0.15) is 19.0 Å². The van der Waals surface area contributed by atoms with E-state index in [9.17, 15) is 5.11 Å². The standard InChI is InChI=1S/C10H17N3O2/c1-4-8(14)6-11-10-12-7(2)5-9(13-10)15-3/h5,8,14H,4,6H2,1-3H3,(H,11,12,13). The van der Waals surface area contributed by atoms with Gasteiger partial charge in [-0.05, 0) is 13.3 Å². The number of hydrogen-bond acceptors (Lipinski definition) is 5. The van der Waals surface area contributed by atoms with Crippen LogP contribution in [-0.2, 0) is 0 Å². The van der Waals surface area contributed by atoms with Crippen molar-refractivity contribution in [1.29, 1.82) is 0 Å². The highest BCUT2D eigenvalue weighted by molar-refractivity contribution is 5.30. The molecule has 0 spiro atoms. The van der Waals surface area contributed by atoms with E-state index >= 15 is 0 Å².